The molecular weight excluding hydrogens is 912 g/mol. The lowest BCUT2D eigenvalue weighted by atomic mass is 9.90. The molecule has 2 aromatic carbocycles. The van der Waals surface area contributed by atoms with Gasteiger partial charge in [0.1, 0.15) is 17.3 Å². The highest BCUT2D eigenvalue weighted by Crippen LogP contribution is 2.39. The van der Waals surface area contributed by atoms with Crippen LogP contribution < -0.4 is 31.9 Å². The van der Waals surface area contributed by atoms with Crippen LogP contribution in [0.2, 0.25) is 0 Å². The number of fused-ring (bicyclic) bond motifs is 3. The number of amides is 7. The largest absolute Gasteiger partial charge is 0.416 e. The number of imide groups is 1. The lowest BCUT2D eigenvalue weighted by Gasteiger charge is -2.31. The Morgan fingerprint density at radius 3 is 2.49 bits per heavy atom. The summed E-state index contributed by atoms with van der Waals surface area (Å²) in [6.45, 7) is 2.93. The van der Waals surface area contributed by atoms with Crippen LogP contribution in [0.4, 0.5) is 35.3 Å². The number of pyridine rings is 2. The number of carbonyl (C=O) groups is 6. The number of nitrogens with two attached hydrogens (primary N) is 1. The standard InChI is InChI=1S/C49H52F3N11O7/c1-29-8-9-32(25-37(29)62-22-16-40(65)59-48(62)69)46(67)55-19-24-70-23-17-41(66)61-20-3-2-5-33-28-56-45(53)42-43(60-63(44(33)42)36-7-4-6-35(27-36)57-39(64)15-21-61)30-10-12-31(13-11-30)47(68)58-38-26-34(14-18-54-38)49(50,51)52/h2,5,8-14,18,25-26,28,35-36H,3-4,6-7,15-17,19-24,27H2,1H3,(H2,53,56)(H,55,67)(H,57,64)(H,54,58,68)(H,59,65,69)/b5-2+/t35-,36-/m1/s1. The molecule has 2 aliphatic heterocycles. The van der Waals surface area contributed by atoms with E-state index in [1.54, 1.807) is 41.4 Å². The third-order valence-electron chi connectivity index (χ3n) is 12.5. The number of rotatable bonds is 11. The maximum absolute atomic E-state index is 13.6. The SMILES string of the molecule is Cc1ccc(C(=O)NCCOCCC(=O)N2CC/C=C/c3cnc(N)c4c(-c5ccc(C(=O)Nc6cc(C(F)(F)F)ccn6)cc5)nn(c34)[C@@H]3CCC[C@H](C3)NC(=O)CC2)cc1N1CCC(=O)NC1=O. The maximum atomic E-state index is 13.6. The smallest absolute Gasteiger partial charge is 0.383 e. The number of benzene rings is 2. The van der Waals surface area contributed by atoms with Gasteiger partial charge < -0.3 is 31.3 Å². The quantitative estimate of drug-likeness (QED) is 0.0939. The average Bonchev–Trinajstić information content (AvgIpc) is 3.75. The van der Waals surface area contributed by atoms with Crippen LogP contribution in [0.25, 0.3) is 28.2 Å². The molecule has 3 aromatic heterocycles. The molecule has 1 saturated carbocycles. The fourth-order valence-corrected chi connectivity index (χ4v) is 8.90. The molecule has 1 aliphatic carbocycles. The Labute approximate surface area is 400 Å². The van der Waals surface area contributed by atoms with Gasteiger partial charge in [-0.2, -0.15) is 18.3 Å². The number of carbonyl (C=O) groups excluding carboxylic acids is 6. The zero-order valence-electron chi connectivity index (χ0n) is 38.3. The van der Waals surface area contributed by atoms with Crippen molar-refractivity contribution in [2.24, 2.45) is 0 Å². The van der Waals surface area contributed by atoms with Gasteiger partial charge in [-0.25, -0.2) is 14.8 Å². The number of aryl methyl sites for hydroxylation is 1. The van der Waals surface area contributed by atoms with E-state index < -0.39 is 23.7 Å². The molecule has 366 valence electrons. The molecule has 5 aromatic rings. The lowest BCUT2D eigenvalue weighted by Crippen LogP contribution is -2.49. The van der Waals surface area contributed by atoms with Crippen LogP contribution in [0.1, 0.15) is 94.8 Å². The van der Waals surface area contributed by atoms with Crippen molar-refractivity contribution in [3.63, 3.8) is 0 Å². The molecule has 0 unspecified atom stereocenters. The topological polar surface area (TPSA) is 236 Å². The number of urea groups is 1. The highest BCUT2D eigenvalue weighted by atomic mass is 19.4. The van der Waals surface area contributed by atoms with Crippen molar-refractivity contribution in [2.75, 3.05) is 55.3 Å². The number of nitrogen functional groups attached to an aromatic ring is 1. The second kappa shape index (κ2) is 21.3. The van der Waals surface area contributed by atoms with Gasteiger partial charge >= 0.3 is 12.2 Å². The van der Waals surface area contributed by atoms with Crippen molar-refractivity contribution in [3.05, 3.63) is 101 Å². The minimum absolute atomic E-state index is 0.0501. The molecule has 2 atom stereocenters. The Morgan fingerprint density at radius 2 is 1.70 bits per heavy atom. The van der Waals surface area contributed by atoms with Gasteiger partial charge in [-0.05, 0) is 81.0 Å². The van der Waals surface area contributed by atoms with Gasteiger partial charge in [0.25, 0.3) is 11.8 Å². The zero-order chi connectivity index (χ0) is 49.5. The van der Waals surface area contributed by atoms with Gasteiger partial charge in [-0.1, -0.05) is 30.4 Å². The van der Waals surface area contributed by atoms with Crippen LogP contribution in [0.3, 0.4) is 0 Å². The first-order valence-electron chi connectivity index (χ1n) is 23.1. The molecule has 0 radical (unpaired) electrons. The van der Waals surface area contributed by atoms with Crippen molar-refractivity contribution in [3.8, 4) is 11.3 Å². The van der Waals surface area contributed by atoms with E-state index in [9.17, 15) is 41.9 Å². The summed E-state index contributed by atoms with van der Waals surface area (Å²) in [6.07, 6.45) is 5.59. The van der Waals surface area contributed by atoms with Crippen molar-refractivity contribution >= 4 is 69.9 Å². The first-order chi connectivity index (χ1) is 33.6. The van der Waals surface area contributed by atoms with E-state index in [0.717, 1.165) is 54.2 Å². The summed E-state index contributed by atoms with van der Waals surface area (Å²) in [7, 11) is 0. The highest BCUT2D eigenvalue weighted by Gasteiger charge is 2.32. The van der Waals surface area contributed by atoms with Gasteiger partial charge in [0.15, 0.2) is 0 Å². The van der Waals surface area contributed by atoms with Gasteiger partial charge in [0.2, 0.25) is 17.7 Å². The Hall–Kier alpha value is -7.68. The van der Waals surface area contributed by atoms with Crippen LogP contribution in [0.15, 0.2) is 73.1 Å². The second-order valence-electron chi connectivity index (χ2n) is 17.4. The molecule has 3 aliphatic rings. The van der Waals surface area contributed by atoms with Gasteiger partial charge in [-0.15, -0.1) is 0 Å². The fourth-order valence-electron chi connectivity index (χ4n) is 8.90. The predicted octanol–water partition coefficient (Wildman–Crippen LogP) is 6.17. The third kappa shape index (κ3) is 11.4. The molecule has 21 heteroatoms. The number of hydrogen-bond acceptors (Lipinski definition) is 11. The van der Waals surface area contributed by atoms with Crippen LogP contribution in [0.5, 0.6) is 0 Å². The van der Waals surface area contributed by atoms with Crippen molar-refractivity contribution < 1.29 is 46.7 Å². The molecule has 8 rings (SSSR count). The summed E-state index contributed by atoms with van der Waals surface area (Å²) in [4.78, 5) is 88.5. The first-order valence-corrected chi connectivity index (χ1v) is 23.1. The second-order valence-corrected chi connectivity index (χ2v) is 17.4. The summed E-state index contributed by atoms with van der Waals surface area (Å²) >= 11 is 0. The lowest BCUT2D eigenvalue weighted by molar-refractivity contribution is -0.137. The predicted molar refractivity (Wildman–Crippen MR) is 253 cm³/mol. The molecule has 2 fully saturated rings. The summed E-state index contributed by atoms with van der Waals surface area (Å²) in [6, 6.07) is 12.2. The number of ether oxygens (including phenoxy) is 1. The zero-order valence-corrected chi connectivity index (χ0v) is 38.3. The minimum atomic E-state index is -4.60. The van der Waals surface area contributed by atoms with Crippen LogP contribution in [-0.2, 0) is 25.3 Å². The van der Waals surface area contributed by atoms with Crippen LogP contribution in [0, 0.1) is 6.92 Å². The molecule has 1 saturated heterocycles. The fraction of sp³-hybridized carbons (Fsp3) is 0.367. The summed E-state index contributed by atoms with van der Waals surface area (Å²) in [5, 5.41) is 16.4. The number of nitrogens with one attached hydrogen (secondary N) is 4. The van der Waals surface area contributed by atoms with Crippen LogP contribution >= 0.6 is 0 Å². The molecule has 2 bridgehead atoms. The Balaban J connectivity index is 0.918. The number of hydrogen-bond donors (Lipinski definition) is 5. The van der Waals surface area contributed by atoms with Crippen LogP contribution in [-0.4, -0.2) is 106 Å². The first kappa shape index (κ1) is 48.8. The Bertz CT molecular complexity index is 2850. The van der Waals surface area contributed by atoms with E-state index >= 15 is 0 Å². The van der Waals surface area contributed by atoms with E-state index in [1.807, 2.05) is 23.8 Å². The molecular formula is C49H52F3N11O7. The number of halogens is 3. The molecule has 18 nitrogen and oxygen atoms in total. The highest BCUT2D eigenvalue weighted by molar-refractivity contribution is 6.07. The number of anilines is 3. The maximum Gasteiger partial charge on any atom is 0.416 e. The third-order valence-corrected chi connectivity index (χ3v) is 12.5. The van der Waals surface area contributed by atoms with Gasteiger partial charge in [0, 0.05) is 85.4 Å². The Morgan fingerprint density at radius 1 is 0.914 bits per heavy atom. The Kier molecular flexibility index (Phi) is 14.8. The van der Waals surface area contributed by atoms with E-state index in [-0.39, 0.29) is 105 Å². The van der Waals surface area contributed by atoms with E-state index in [2.05, 4.69) is 31.2 Å². The molecule has 6 N–H and O–H groups in total. The summed E-state index contributed by atoms with van der Waals surface area (Å²) < 4.78 is 47.5. The van der Waals surface area contributed by atoms with E-state index in [4.69, 9.17) is 15.6 Å². The summed E-state index contributed by atoms with van der Waals surface area (Å²) in [5.74, 6) is -1.76. The summed E-state index contributed by atoms with van der Waals surface area (Å²) in [5.41, 5.74) is 10.1. The normalized spacial score (nSPS) is 18.3. The van der Waals surface area contributed by atoms with E-state index in [1.165, 1.54) is 17.0 Å². The van der Waals surface area contributed by atoms with Gasteiger partial charge in [-0.3, -0.25) is 38.9 Å². The number of aromatic nitrogens is 4. The van der Waals surface area contributed by atoms with Crippen molar-refractivity contribution in [1.29, 1.82) is 0 Å². The monoisotopic (exact) mass is 963 g/mol. The molecule has 7 amide bonds. The van der Waals surface area contributed by atoms with Crippen molar-refractivity contribution in [1.82, 2.24) is 40.6 Å². The van der Waals surface area contributed by atoms with E-state index in [0.29, 0.717) is 47.3 Å². The number of nitrogens with zero attached hydrogens (tertiary/aromatic N) is 6. The average molecular weight is 964 g/mol. The molecule has 70 heavy (non-hydrogen) atoms. The molecule has 0 spiro atoms. The van der Waals surface area contributed by atoms with Gasteiger partial charge in [0.05, 0.1) is 42.1 Å². The minimum Gasteiger partial charge on any atom is -0.383 e. The molecule has 5 heterocycles. The van der Waals surface area contributed by atoms with Crippen molar-refractivity contribution in [2.45, 2.75) is 76.6 Å². The number of alkyl halides is 3.